The van der Waals surface area contributed by atoms with Crippen molar-refractivity contribution in [2.45, 2.75) is 24.2 Å². The lowest BCUT2D eigenvalue weighted by Crippen LogP contribution is -2.21. The Bertz CT molecular complexity index is 615. The molecule has 0 amide bonds. The van der Waals surface area contributed by atoms with Crippen LogP contribution in [0.5, 0.6) is 0 Å². The van der Waals surface area contributed by atoms with Crippen molar-refractivity contribution in [2.24, 2.45) is 0 Å². The number of nitrogens with one attached hydrogen (secondary N) is 1. The summed E-state index contributed by atoms with van der Waals surface area (Å²) >= 11 is 5.90. The number of rotatable bonds is 3. The van der Waals surface area contributed by atoms with Crippen LogP contribution in [0.15, 0.2) is 24.5 Å². The van der Waals surface area contributed by atoms with Gasteiger partial charge in [-0.15, -0.1) is 0 Å². The zero-order valence-corrected chi connectivity index (χ0v) is 10.4. The molecule has 1 aromatic heterocycles. The molecule has 0 spiro atoms. The summed E-state index contributed by atoms with van der Waals surface area (Å²) in [6, 6.07) is 3.50. The number of hydrogen-bond donors (Lipinski definition) is 1. The predicted octanol–water partition coefficient (Wildman–Crippen LogP) is 3.12. The van der Waals surface area contributed by atoms with Crippen LogP contribution < -0.4 is 0 Å². The Hall–Kier alpha value is -1.56. The number of halogens is 4. The van der Waals surface area contributed by atoms with Crippen molar-refractivity contribution in [3.05, 3.63) is 46.8 Å². The number of H-pyrrole nitrogens is 1. The second-order valence-corrected chi connectivity index (χ2v) is 5.10. The van der Waals surface area contributed by atoms with Crippen LogP contribution in [-0.4, -0.2) is 21.1 Å². The van der Waals surface area contributed by atoms with Crippen LogP contribution in [0.3, 0.4) is 0 Å². The average Bonchev–Trinajstić information content (AvgIpc) is 2.71. The highest BCUT2D eigenvalue weighted by Crippen LogP contribution is 2.64. The zero-order valence-electron chi connectivity index (χ0n) is 9.63. The first kappa shape index (κ1) is 12.5. The molecule has 1 saturated carbocycles. The average molecular weight is 288 g/mol. The van der Waals surface area contributed by atoms with Crippen LogP contribution >= 0.6 is 11.6 Å². The topological polar surface area (TPSA) is 41.6 Å². The van der Waals surface area contributed by atoms with E-state index in [-0.39, 0.29) is 23.4 Å². The summed E-state index contributed by atoms with van der Waals surface area (Å²) in [6.45, 7) is 0. The molecular formula is C12H9ClF3N3. The molecule has 7 heteroatoms. The Morgan fingerprint density at radius 2 is 2.11 bits per heavy atom. The van der Waals surface area contributed by atoms with Gasteiger partial charge in [0, 0.05) is 17.9 Å². The standard InChI is InChI=1S/C12H9ClF3N3/c13-9-3-7(14)1-2-8(9)11(5-12(11,15)16)4-10-17-6-18-19-10/h1-3,6H,4-5H2,(H,17,18,19). The molecular weight excluding hydrogens is 279 g/mol. The number of aromatic amines is 1. The number of nitrogens with zero attached hydrogens (tertiary/aromatic N) is 2. The van der Waals surface area contributed by atoms with Crippen molar-refractivity contribution in [1.29, 1.82) is 0 Å². The molecule has 2 aromatic rings. The van der Waals surface area contributed by atoms with Gasteiger partial charge in [-0.1, -0.05) is 17.7 Å². The lowest BCUT2D eigenvalue weighted by molar-refractivity contribution is 0.0870. The maximum Gasteiger partial charge on any atom is 0.259 e. The van der Waals surface area contributed by atoms with E-state index in [4.69, 9.17) is 11.6 Å². The van der Waals surface area contributed by atoms with Gasteiger partial charge >= 0.3 is 0 Å². The van der Waals surface area contributed by atoms with Gasteiger partial charge in [-0.05, 0) is 17.7 Å². The van der Waals surface area contributed by atoms with Crippen molar-refractivity contribution in [3.63, 3.8) is 0 Å². The molecule has 1 aliphatic carbocycles. The number of alkyl halides is 2. The van der Waals surface area contributed by atoms with E-state index in [1.807, 2.05) is 0 Å². The van der Waals surface area contributed by atoms with E-state index in [2.05, 4.69) is 15.2 Å². The largest absolute Gasteiger partial charge is 0.263 e. The van der Waals surface area contributed by atoms with Crippen LogP contribution in [0.1, 0.15) is 17.8 Å². The van der Waals surface area contributed by atoms with E-state index in [1.165, 1.54) is 12.4 Å². The second-order valence-electron chi connectivity index (χ2n) is 4.70. The third kappa shape index (κ3) is 1.90. The highest BCUT2D eigenvalue weighted by Gasteiger charge is 2.72. The van der Waals surface area contributed by atoms with Gasteiger partial charge in [0.05, 0.1) is 5.41 Å². The Morgan fingerprint density at radius 3 is 2.63 bits per heavy atom. The maximum atomic E-state index is 13.8. The van der Waals surface area contributed by atoms with Gasteiger partial charge in [0.15, 0.2) is 0 Å². The smallest absolute Gasteiger partial charge is 0.259 e. The molecule has 0 aliphatic heterocycles. The van der Waals surface area contributed by atoms with Gasteiger partial charge in [0.1, 0.15) is 18.0 Å². The summed E-state index contributed by atoms with van der Waals surface area (Å²) in [5.74, 6) is -3.06. The first-order valence-electron chi connectivity index (χ1n) is 5.62. The van der Waals surface area contributed by atoms with Crippen molar-refractivity contribution in [1.82, 2.24) is 15.2 Å². The lowest BCUT2D eigenvalue weighted by Gasteiger charge is -2.17. The molecule has 3 rings (SSSR count). The Kier molecular flexibility index (Phi) is 2.60. The van der Waals surface area contributed by atoms with E-state index >= 15 is 0 Å². The summed E-state index contributed by atoms with van der Waals surface area (Å²) in [4.78, 5) is 3.86. The number of aromatic nitrogens is 3. The molecule has 1 atom stereocenters. The van der Waals surface area contributed by atoms with E-state index in [9.17, 15) is 13.2 Å². The van der Waals surface area contributed by atoms with Crippen molar-refractivity contribution >= 4 is 11.6 Å². The fourth-order valence-corrected chi connectivity index (χ4v) is 2.74. The first-order chi connectivity index (χ1) is 8.95. The summed E-state index contributed by atoms with van der Waals surface area (Å²) in [5.41, 5.74) is -1.17. The summed E-state index contributed by atoms with van der Waals surface area (Å²) in [6.07, 6.45) is 0.924. The van der Waals surface area contributed by atoms with Crippen LogP contribution in [0.2, 0.25) is 5.02 Å². The molecule has 0 saturated heterocycles. The Morgan fingerprint density at radius 1 is 1.37 bits per heavy atom. The molecule has 19 heavy (non-hydrogen) atoms. The summed E-state index contributed by atoms with van der Waals surface area (Å²) < 4.78 is 40.6. The lowest BCUT2D eigenvalue weighted by atomic mass is 9.91. The van der Waals surface area contributed by atoms with Crippen LogP contribution in [0.25, 0.3) is 0 Å². The molecule has 100 valence electrons. The Balaban J connectivity index is 2.02. The fraction of sp³-hybridized carbons (Fsp3) is 0.333. The SMILES string of the molecule is Fc1ccc(C2(Cc3ncn[nH]3)CC2(F)F)c(Cl)c1. The monoisotopic (exact) mass is 287 g/mol. The Labute approximate surface area is 111 Å². The molecule has 0 radical (unpaired) electrons. The van der Waals surface area contributed by atoms with Gasteiger partial charge in [-0.25, -0.2) is 18.2 Å². The molecule has 1 aromatic carbocycles. The third-order valence-electron chi connectivity index (χ3n) is 3.48. The van der Waals surface area contributed by atoms with E-state index in [1.54, 1.807) is 0 Å². The normalized spacial score (nSPS) is 24.4. The minimum Gasteiger partial charge on any atom is -0.263 e. The summed E-state index contributed by atoms with van der Waals surface area (Å²) in [5, 5.41) is 6.21. The van der Waals surface area contributed by atoms with Gasteiger partial charge < -0.3 is 0 Å². The quantitative estimate of drug-likeness (QED) is 0.942. The molecule has 0 bridgehead atoms. The van der Waals surface area contributed by atoms with Crippen molar-refractivity contribution < 1.29 is 13.2 Å². The number of hydrogen-bond acceptors (Lipinski definition) is 2. The molecule has 1 heterocycles. The molecule has 1 aliphatic rings. The predicted molar refractivity (Wildman–Crippen MR) is 62.7 cm³/mol. The number of benzene rings is 1. The van der Waals surface area contributed by atoms with Crippen LogP contribution in [-0.2, 0) is 11.8 Å². The third-order valence-corrected chi connectivity index (χ3v) is 3.79. The molecule has 1 fully saturated rings. The second kappa shape index (κ2) is 3.96. The first-order valence-corrected chi connectivity index (χ1v) is 6.00. The highest BCUT2D eigenvalue weighted by atomic mass is 35.5. The van der Waals surface area contributed by atoms with Gasteiger partial charge in [0.2, 0.25) is 0 Å². The fourth-order valence-electron chi connectivity index (χ4n) is 2.39. The maximum absolute atomic E-state index is 13.8. The van der Waals surface area contributed by atoms with E-state index in [0.717, 1.165) is 12.1 Å². The van der Waals surface area contributed by atoms with Crippen LogP contribution in [0, 0.1) is 5.82 Å². The molecule has 1 unspecified atom stereocenters. The minimum absolute atomic E-state index is 0.00858. The van der Waals surface area contributed by atoms with Crippen molar-refractivity contribution in [3.8, 4) is 0 Å². The van der Waals surface area contributed by atoms with Crippen molar-refractivity contribution in [2.75, 3.05) is 0 Å². The van der Waals surface area contributed by atoms with Crippen LogP contribution in [0.4, 0.5) is 13.2 Å². The van der Waals surface area contributed by atoms with E-state index in [0.29, 0.717) is 5.82 Å². The highest BCUT2D eigenvalue weighted by molar-refractivity contribution is 6.31. The van der Waals surface area contributed by atoms with Gasteiger partial charge in [0.25, 0.3) is 5.92 Å². The minimum atomic E-state index is -2.87. The molecule has 1 N–H and O–H groups in total. The van der Waals surface area contributed by atoms with Gasteiger partial charge in [-0.2, -0.15) is 5.10 Å². The zero-order chi connectivity index (χ0) is 13.7. The molecule has 3 nitrogen and oxygen atoms in total. The van der Waals surface area contributed by atoms with E-state index < -0.39 is 17.2 Å². The summed E-state index contributed by atoms with van der Waals surface area (Å²) in [7, 11) is 0. The van der Waals surface area contributed by atoms with Gasteiger partial charge in [-0.3, -0.25) is 5.10 Å².